The highest BCUT2D eigenvalue weighted by Crippen LogP contribution is 2.22. The minimum Gasteiger partial charge on any atom is -0.207 e. The minimum absolute atomic E-state index is 0.0848. The Hall–Kier alpha value is -1.26. The van der Waals surface area contributed by atoms with E-state index in [4.69, 9.17) is 0 Å². The van der Waals surface area contributed by atoms with Gasteiger partial charge in [0.1, 0.15) is 0 Å². The van der Waals surface area contributed by atoms with Gasteiger partial charge in [-0.2, -0.15) is 4.31 Å². The van der Waals surface area contributed by atoms with Crippen LogP contribution in [0.4, 0.5) is 0 Å². The van der Waals surface area contributed by atoms with Crippen LogP contribution >= 0.6 is 15.9 Å². The molecule has 9 heteroatoms. The molecule has 6 nitrogen and oxygen atoms in total. The second-order valence-electron chi connectivity index (χ2n) is 6.84. The predicted molar refractivity (Wildman–Crippen MR) is 112 cm³/mol. The minimum atomic E-state index is -3.65. The Bertz CT molecular complexity index is 1050. The van der Waals surface area contributed by atoms with Crippen LogP contribution in [0, 0.1) is 6.92 Å². The number of rotatable bonds is 6. The van der Waals surface area contributed by atoms with E-state index in [0.717, 1.165) is 29.3 Å². The number of benzene rings is 2. The van der Waals surface area contributed by atoms with E-state index >= 15 is 0 Å². The van der Waals surface area contributed by atoms with Gasteiger partial charge in [-0.05, 0) is 61.2 Å². The van der Waals surface area contributed by atoms with Crippen LogP contribution in [0.1, 0.15) is 30.4 Å². The maximum atomic E-state index is 12.7. The van der Waals surface area contributed by atoms with Gasteiger partial charge in [-0.3, -0.25) is 0 Å². The number of aryl methyl sites for hydroxylation is 1. The normalized spacial score (nSPS) is 16.2. The van der Waals surface area contributed by atoms with Gasteiger partial charge in [-0.25, -0.2) is 21.6 Å². The van der Waals surface area contributed by atoms with Gasteiger partial charge in [0.25, 0.3) is 0 Å². The van der Waals surface area contributed by atoms with Gasteiger partial charge < -0.3 is 0 Å². The molecule has 1 saturated heterocycles. The number of nitrogens with zero attached hydrogens (tertiary/aromatic N) is 1. The van der Waals surface area contributed by atoms with E-state index in [2.05, 4.69) is 20.7 Å². The van der Waals surface area contributed by atoms with Crippen molar-refractivity contribution in [3.63, 3.8) is 0 Å². The van der Waals surface area contributed by atoms with Gasteiger partial charge in [0.15, 0.2) is 0 Å². The first-order valence-corrected chi connectivity index (χ1v) is 12.8. The highest BCUT2D eigenvalue weighted by atomic mass is 79.9. The lowest BCUT2D eigenvalue weighted by Crippen LogP contribution is -2.35. The molecule has 1 fully saturated rings. The fourth-order valence-corrected chi connectivity index (χ4v) is 5.95. The summed E-state index contributed by atoms with van der Waals surface area (Å²) >= 11 is 3.36. The summed E-state index contributed by atoms with van der Waals surface area (Å²) in [4.78, 5) is 0.432. The summed E-state index contributed by atoms with van der Waals surface area (Å²) in [6.45, 7) is 3.01. The number of hydrogen-bond acceptors (Lipinski definition) is 4. The summed E-state index contributed by atoms with van der Waals surface area (Å²) in [5.41, 5.74) is 1.52. The van der Waals surface area contributed by atoms with Crippen molar-refractivity contribution < 1.29 is 16.8 Å². The smallest absolute Gasteiger partial charge is 0.207 e. The van der Waals surface area contributed by atoms with Crippen LogP contribution in [0.2, 0.25) is 0 Å². The maximum Gasteiger partial charge on any atom is 0.243 e. The molecule has 0 aromatic heterocycles. The van der Waals surface area contributed by atoms with Gasteiger partial charge in [-0.1, -0.05) is 34.5 Å². The first kappa shape index (κ1) is 21.4. The lowest BCUT2D eigenvalue weighted by molar-refractivity contribution is 0.346. The second kappa shape index (κ2) is 8.62. The lowest BCUT2D eigenvalue weighted by atomic mass is 10.2. The maximum absolute atomic E-state index is 12.7. The van der Waals surface area contributed by atoms with E-state index in [0.29, 0.717) is 18.7 Å². The van der Waals surface area contributed by atoms with Crippen LogP contribution < -0.4 is 4.72 Å². The molecule has 0 amide bonds. The summed E-state index contributed by atoms with van der Waals surface area (Å²) < 4.78 is 55.2. The lowest BCUT2D eigenvalue weighted by Gasteiger charge is -2.25. The molecule has 2 aromatic rings. The zero-order chi connectivity index (χ0) is 20.4. The van der Waals surface area contributed by atoms with Crippen molar-refractivity contribution in [2.45, 2.75) is 42.5 Å². The van der Waals surface area contributed by atoms with E-state index in [-0.39, 0.29) is 16.3 Å². The summed E-state index contributed by atoms with van der Waals surface area (Å²) in [6.07, 6.45) is 2.83. The number of nitrogens with one attached hydrogen (secondary N) is 1. The molecule has 28 heavy (non-hydrogen) atoms. The van der Waals surface area contributed by atoms with Crippen molar-refractivity contribution in [2.75, 3.05) is 13.1 Å². The Morgan fingerprint density at radius 3 is 2.14 bits per heavy atom. The molecule has 1 N–H and O–H groups in total. The summed E-state index contributed by atoms with van der Waals surface area (Å²) in [5, 5.41) is 0. The summed E-state index contributed by atoms with van der Waals surface area (Å²) in [6, 6.07) is 11.2. The molecule has 0 spiro atoms. The molecule has 2 aromatic carbocycles. The van der Waals surface area contributed by atoms with Crippen molar-refractivity contribution in [3.8, 4) is 0 Å². The second-order valence-corrected chi connectivity index (χ2v) is 11.4. The van der Waals surface area contributed by atoms with E-state index in [1.165, 1.54) is 22.5 Å². The molecule has 1 aliphatic heterocycles. The van der Waals surface area contributed by atoms with Crippen LogP contribution in [0.5, 0.6) is 0 Å². The average Bonchev–Trinajstić information content (AvgIpc) is 2.69. The predicted octanol–water partition coefficient (Wildman–Crippen LogP) is 3.41. The fraction of sp³-hybridized carbons (Fsp3) is 0.368. The highest BCUT2D eigenvalue weighted by molar-refractivity contribution is 9.10. The zero-order valence-corrected chi connectivity index (χ0v) is 18.8. The molecular formula is C19H23BrN2O4S2. The first-order chi connectivity index (χ1) is 13.2. The number of piperidine rings is 1. The Morgan fingerprint density at radius 1 is 0.929 bits per heavy atom. The Balaban J connectivity index is 1.69. The quantitative estimate of drug-likeness (QED) is 0.677. The molecule has 0 radical (unpaired) electrons. The van der Waals surface area contributed by atoms with Crippen LogP contribution in [0.3, 0.4) is 0 Å². The van der Waals surface area contributed by atoms with Gasteiger partial charge in [-0.15, -0.1) is 0 Å². The van der Waals surface area contributed by atoms with Crippen molar-refractivity contribution in [1.29, 1.82) is 0 Å². The molecule has 1 heterocycles. The molecule has 0 aliphatic carbocycles. The zero-order valence-electron chi connectivity index (χ0n) is 15.6. The van der Waals surface area contributed by atoms with Crippen LogP contribution in [0.15, 0.2) is 56.7 Å². The Morgan fingerprint density at radius 2 is 1.54 bits per heavy atom. The van der Waals surface area contributed by atoms with Crippen molar-refractivity contribution in [2.24, 2.45) is 0 Å². The molecule has 0 bridgehead atoms. The Labute approximate surface area is 175 Å². The topological polar surface area (TPSA) is 83.5 Å². The Kier molecular flexibility index (Phi) is 6.61. The summed E-state index contributed by atoms with van der Waals surface area (Å²) in [5.74, 6) is 0. The largest absolute Gasteiger partial charge is 0.243 e. The molecule has 0 unspecified atom stereocenters. The monoisotopic (exact) mass is 486 g/mol. The third-order valence-electron chi connectivity index (χ3n) is 4.78. The van der Waals surface area contributed by atoms with Gasteiger partial charge in [0.2, 0.25) is 20.0 Å². The van der Waals surface area contributed by atoms with Crippen LogP contribution in [0.25, 0.3) is 0 Å². The molecule has 0 saturated carbocycles. The SMILES string of the molecule is Cc1cc(S(=O)(=O)NCc2ccc(S(=O)(=O)N3CCCCC3)cc2)ccc1Br. The van der Waals surface area contributed by atoms with Crippen LogP contribution in [-0.4, -0.2) is 34.2 Å². The van der Waals surface area contributed by atoms with Gasteiger partial charge in [0, 0.05) is 24.1 Å². The summed E-state index contributed by atoms with van der Waals surface area (Å²) in [7, 11) is -7.13. The number of sulfonamides is 2. The number of hydrogen-bond donors (Lipinski definition) is 1. The third kappa shape index (κ3) is 4.83. The highest BCUT2D eigenvalue weighted by Gasteiger charge is 2.25. The van der Waals surface area contributed by atoms with Crippen LogP contribution in [-0.2, 0) is 26.6 Å². The first-order valence-electron chi connectivity index (χ1n) is 9.05. The van der Waals surface area contributed by atoms with Crippen molar-refractivity contribution in [1.82, 2.24) is 9.03 Å². The number of halogens is 1. The molecular weight excluding hydrogens is 464 g/mol. The fourth-order valence-electron chi connectivity index (χ4n) is 3.08. The van der Waals surface area contributed by atoms with E-state index in [9.17, 15) is 16.8 Å². The van der Waals surface area contributed by atoms with Crippen molar-refractivity contribution >= 4 is 36.0 Å². The van der Waals surface area contributed by atoms with Gasteiger partial charge >= 0.3 is 0 Å². The van der Waals surface area contributed by atoms with E-state index in [1.54, 1.807) is 24.3 Å². The average molecular weight is 487 g/mol. The third-order valence-corrected chi connectivity index (χ3v) is 8.98. The molecule has 1 aliphatic rings. The standard InChI is InChI=1S/C19H23BrN2O4S2/c1-15-13-18(9-10-19(15)20)27(23,24)21-14-16-5-7-17(8-6-16)28(25,26)22-11-3-2-4-12-22/h5-10,13,21H,2-4,11-12,14H2,1H3. The molecule has 3 rings (SSSR count). The molecule has 0 atom stereocenters. The van der Waals surface area contributed by atoms with E-state index < -0.39 is 20.0 Å². The van der Waals surface area contributed by atoms with Crippen molar-refractivity contribution in [3.05, 3.63) is 58.1 Å². The van der Waals surface area contributed by atoms with Gasteiger partial charge in [0.05, 0.1) is 9.79 Å². The van der Waals surface area contributed by atoms with E-state index in [1.807, 2.05) is 6.92 Å². The molecule has 152 valence electrons.